The van der Waals surface area contributed by atoms with Crippen molar-refractivity contribution >= 4 is 0 Å². The van der Waals surface area contributed by atoms with Crippen molar-refractivity contribution in [3.05, 3.63) is 23.8 Å². The van der Waals surface area contributed by atoms with Crippen molar-refractivity contribution in [1.82, 2.24) is 0 Å². The van der Waals surface area contributed by atoms with E-state index < -0.39 is 5.54 Å². The summed E-state index contributed by atoms with van der Waals surface area (Å²) in [6, 6.07) is 5.36. The number of methoxy groups -OCH3 is 1. The van der Waals surface area contributed by atoms with Crippen LogP contribution in [0.25, 0.3) is 0 Å². The Balaban J connectivity index is 3.22. The molecule has 0 amide bonds. The molecule has 0 spiro atoms. The number of phenolic OH excluding ortho intramolecular Hbond substituents is 1. The fourth-order valence-electron chi connectivity index (χ4n) is 1.34. The maximum absolute atomic E-state index is 9.85. The average Bonchev–Trinajstić information content (AvgIpc) is 2.18. The summed E-state index contributed by atoms with van der Waals surface area (Å²) < 4.78 is 5.02. The molecule has 0 saturated carbocycles. The molecule has 0 aliphatic carbocycles. The fourth-order valence-corrected chi connectivity index (χ4v) is 1.34. The van der Waals surface area contributed by atoms with Crippen LogP contribution in [-0.2, 0) is 5.54 Å². The maximum Gasteiger partial charge on any atom is 0.162 e. The van der Waals surface area contributed by atoms with Gasteiger partial charge in [0.2, 0.25) is 0 Å². The van der Waals surface area contributed by atoms with Crippen LogP contribution in [0.15, 0.2) is 18.2 Å². The van der Waals surface area contributed by atoms with Crippen LogP contribution in [0.2, 0.25) is 0 Å². The molecule has 1 unspecified atom stereocenters. The standard InChI is InChI=1S/C11H17NO2/c1-4-11(2,12)8-6-5-7-9(14-3)10(8)13/h5-7,13H,4,12H2,1-3H3. The molecule has 1 rings (SSSR count). The zero-order chi connectivity index (χ0) is 10.8. The Labute approximate surface area is 84.5 Å². The monoisotopic (exact) mass is 195 g/mol. The fraction of sp³-hybridized carbons (Fsp3) is 0.455. The second-order valence-electron chi connectivity index (χ2n) is 3.63. The van der Waals surface area contributed by atoms with Gasteiger partial charge in [-0.1, -0.05) is 19.1 Å². The molecule has 0 fully saturated rings. The minimum atomic E-state index is -0.515. The first kappa shape index (κ1) is 10.9. The highest BCUT2D eigenvalue weighted by Gasteiger charge is 2.23. The first-order valence-electron chi connectivity index (χ1n) is 4.68. The second kappa shape index (κ2) is 3.88. The van der Waals surface area contributed by atoms with Gasteiger partial charge in [-0.25, -0.2) is 0 Å². The summed E-state index contributed by atoms with van der Waals surface area (Å²) in [6.45, 7) is 3.88. The Bertz CT molecular complexity index is 321. The predicted octanol–water partition coefficient (Wildman–Crippen LogP) is 1.98. The third-order valence-electron chi connectivity index (χ3n) is 2.57. The Hall–Kier alpha value is -1.22. The number of rotatable bonds is 3. The quantitative estimate of drug-likeness (QED) is 0.775. The second-order valence-corrected chi connectivity index (χ2v) is 3.63. The highest BCUT2D eigenvalue weighted by Crippen LogP contribution is 2.36. The molecule has 0 heterocycles. The van der Waals surface area contributed by atoms with E-state index in [0.29, 0.717) is 5.75 Å². The van der Waals surface area contributed by atoms with E-state index in [2.05, 4.69) is 0 Å². The number of benzene rings is 1. The van der Waals surface area contributed by atoms with Gasteiger partial charge in [-0.2, -0.15) is 0 Å². The molecule has 0 saturated heterocycles. The molecular weight excluding hydrogens is 178 g/mol. The van der Waals surface area contributed by atoms with Gasteiger partial charge in [0, 0.05) is 11.1 Å². The van der Waals surface area contributed by atoms with Crippen LogP contribution in [0.5, 0.6) is 11.5 Å². The highest BCUT2D eigenvalue weighted by atomic mass is 16.5. The van der Waals surface area contributed by atoms with Crippen LogP contribution in [0.1, 0.15) is 25.8 Å². The van der Waals surface area contributed by atoms with E-state index >= 15 is 0 Å². The lowest BCUT2D eigenvalue weighted by molar-refractivity contribution is 0.357. The average molecular weight is 195 g/mol. The zero-order valence-corrected chi connectivity index (χ0v) is 8.87. The van der Waals surface area contributed by atoms with E-state index in [4.69, 9.17) is 10.5 Å². The van der Waals surface area contributed by atoms with E-state index in [-0.39, 0.29) is 5.75 Å². The number of phenols is 1. The summed E-state index contributed by atoms with van der Waals surface area (Å²) in [7, 11) is 1.53. The molecule has 3 heteroatoms. The zero-order valence-electron chi connectivity index (χ0n) is 8.87. The Morgan fingerprint density at radius 3 is 2.64 bits per heavy atom. The first-order valence-corrected chi connectivity index (χ1v) is 4.68. The van der Waals surface area contributed by atoms with Crippen LogP contribution < -0.4 is 10.5 Å². The number of ether oxygens (including phenoxy) is 1. The summed E-state index contributed by atoms with van der Waals surface area (Å²) in [6.07, 6.45) is 0.758. The van der Waals surface area contributed by atoms with Gasteiger partial charge in [-0.05, 0) is 19.4 Å². The molecule has 0 radical (unpaired) electrons. The van der Waals surface area contributed by atoms with Gasteiger partial charge in [-0.15, -0.1) is 0 Å². The molecule has 3 N–H and O–H groups in total. The van der Waals surface area contributed by atoms with Crippen molar-refractivity contribution in [2.45, 2.75) is 25.8 Å². The first-order chi connectivity index (χ1) is 6.53. The van der Waals surface area contributed by atoms with Crippen LogP contribution in [-0.4, -0.2) is 12.2 Å². The van der Waals surface area contributed by atoms with Gasteiger partial charge < -0.3 is 15.6 Å². The van der Waals surface area contributed by atoms with Crippen molar-refractivity contribution in [3.63, 3.8) is 0 Å². The lowest BCUT2D eigenvalue weighted by Crippen LogP contribution is -2.32. The molecule has 0 aliphatic heterocycles. The van der Waals surface area contributed by atoms with Gasteiger partial charge in [0.05, 0.1) is 7.11 Å². The topological polar surface area (TPSA) is 55.5 Å². The van der Waals surface area contributed by atoms with E-state index in [1.807, 2.05) is 26.0 Å². The van der Waals surface area contributed by atoms with Gasteiger partial charge >= 0.3 is 0 Å². The molecule has 3 nitrogen and oxygen atoms in total. The molecule has 14 heavy (non-hydrogen) atoms. The van der Waals surface area contributed by atoms with Gasteiger partial charge in [0.1, 0.15) is 0 Å². The minimum absolute atomic E-state index is 0.141. The van der Waals surface area contributed by atoms with Crippen molar-refractivity contribution in [2.75, 3.05) is 7.11 Å². The number of aromatic hydroxyl groups is 1. The summed E-state index contributed by atoms with van der Waals surface area (Å²) >= 11 is 0. The summed E-state index contributed by atoms with van der Waals surface area (Å²) in [5, 5.41) is 9.85. The lowest BCUT2D eigenvalue weighted by atomic mass is 9.89. The third-order valence-corrected chi connectivity index (χ3v) is 2.57. The molecule has 0 aromatic heterocycles. The Kier molecular flexibility index (Phi) is 3.01. The largest absolute Gasteiger partial charge is 0.504 e. The molecular formula is C11H17NO2. The summed E-state index contributed by atoms with van der Waals surface area (Å²) in [4.78, 5) is 0. The highest BCUT2D eigenvalue weighted by molar-refractivity contribution is 5.48. The number of hydrogen-bond acceptors (Lipinski definition) is 3. The van der Waals surface area contributed by atoms with E-state index in [9.17, 15) is 5.11 Å². The Morgan fingerprint density at radius 2 is 2.14 bits per heavy atom. The molecule has 1 aromatic carbocycles. The van der Waals surface area contributed by atoms with Crippen LogP contribution in [0.3, 0.4) is 0 Å². The maximum atomic E-state index is 9.85. The third kappa shape index (κ3) is 1.82. The van der Waals surface area contributed by atoms with E-state index in [0.717, 1.165) is 12.0 Å². The normalized spacial score (nSPS) is 14.9. The van der Waals surface area contributed by atoms with E-state index in [1.165, 1.54) is 7.11 Å². The number of para-hydroxylation sites is 1. The van der Waals surface area contributed by atoms with Crippen LogP contribution >= 0.6 is 0 Å². The molecule has 78 valence electrons. The molecule has 0 aliphatic rings. The Morgan fingerprint density at radius 1 is 1.50 bits per heavy atom. The summed E-state index contributed by atoms with van der Waals surface area (Å²) in [5.41, 5.74) is 6.25. The molecule has 0 bridgehead atoms. The number of hydrogen-bond donors (Lipinski definition) is 2. The van der Waals surface area contributed by atoms with Crippen molar-refractivity contribution < 1.29 is 9.84 Å². The summed E-state index contributed by atoms with van der Waals surface area (Å²) in [5.74, 6) is 0.606. The van der Waals surface area contributed by atoms with E-state index in [1.54, 1.807) is 6.07 Å². The lowest BCUT2D eigenvalue weighted by Gasteiger charge is -2.24. The van der Waals surface area contributed by atoms with Crippen LogP contribution in [0.4, 0.5) is 0 Å². The predicted molar refractivity (Wildman–Crippen MR) is 56.5 cm³/mol. The smallest absolute Gasteiger partial charge is 0.162 e. The van der Waals surface area contributed by atoms with Gasteiger partial charge in [-0.3, -0.25) is 0 Å². The van der Waals surface area contributed by atoms with Gasteiger partial charge in [0.25, 0.3) is 0 Å². The van der Waals surface area contributed by atoms with Crippen molar-refractivity contribution in [1.29, 1.82) is 0 Å². The van der Waals surface area contributed by atoms with Gasteiger partial charge in [0.15, 0.2) is 11.5 Å². The number of nitrogens with two attached hydrogens (primary N) is 1. The van der Waals surface area contributed by atoms with Crippen molar-refractivity contribution in [2.24, 2.45) is 5.73 Å². The minimum Gasteiger partial charge on any atom is -0.504 e. The van der Waals surface area contributed by atoms with Crippen molar-refractivity contribution in [3.8, 4) is 11.5 Å². The SMILES string of the molecule is CCC(C)(N)c1cccc(OC)c1O. The molecule has 1 atom stereocenters. The molecule has 1 aromatic rings. The van der Waals surface area contributed by atoms with Crippen LogP contribution in [0, 0.1) is 0 Å².